The lowest BCUT2D eigenvalue weighted by atomic mass is 9.72. The summed E-state index contributed by atoms with van der Waals surface area (Å²) < 4.78 is 16.9. The second kappa shape index (κ2) is 9.14. The first-order valence-electron chi connectivity index (χ1n) is 12.2. The number of phenolic OH excluding ortho intramolecular Hbond substituents is 2. The number of carbonyl (C=O) groups is 3. The Morgan fingerprint density at radius 2 is 1.82 bits per heavy atom. The summed E-state index contributed by atoms with van der Waals surface area (Å²) in [5.74, 6) is -3.21. The number of fused-ring (bicyclic) bond motifs is 3. The highest BCUT2D eigenvalue weighted by Gasteiger charge is 2.49. The Morgan fingerprint density at radius 1 is 1.13 bits per heavy atom. The van der Waals surface area contributed by atoms with Crippen molar-refractivity contribution in [2.75, 3.05) is 13.7 Å². The molecule has 38 heavy (non-hydrogen) atoms. The molecule has 2 aliphatic carbocycles. The summed E-state index contributed by atoms with van der Waals surface area (Å²) in [5.41, 5.74) is 3.08. The number of benzene rings is 2. The molecule has 0 aromatic heterocycles. The average molecular weight is 528 g/mol. The van der Waals surface area contributed by atoms with Gasteiger partial charge in [0.25, 0.3) is 0 Å². The number of hydrogen-bond donors (Lipinski definition) is 5. The van der Waals surface area contributed by atoms with E-state index in [0.29, 0.717) is 0 Å². The van der Waals surface area contributed by atoms with Gasteiger partial charge in [0.05, 0.1) is 60.9 Å². The zero-order valence-electron chi connectivity index (χ0n) is 21.1. The number of nitrogens with two attached hydrogens (primary N) is 1. The average Bonchev–Trinajstić information content (AvgIpc) is 2.88. The van der Waals surface area contributed by atoms with Crippen molar-refractivity contribution < 1.29 is 49.0 Å². The molecule has 6 atom stereocenters. The smallest absolute Gasteiger partial charge is 0.202 e. The van der Waals surface area contributed by atoms with Gasteiger partial charge in [0.2, 0.25) is 5.78 Å². The van der Waals surface area contributed by atoms with Crippen LogP contribution in [0.5, 0.6) is 17.2 Å². The van der Waals surface area contributed by atoms with Crippen LogP contribution < -0.4 is 10.5 Å². The van der Waals surface area contributed by atoms with E-state index in [-0.39, 0.29) is 41.0 Å². The molecule has 0 bridgehead atoms. The van der Waals surface area contributed by atoms with E-state index in [1.807, 2.05) is 0 Å². The van der Waals surface area contributed by atoms with Crippen molar-refractivity contribution in [3.63, 3.8) is 0 Å². The van der Waals surface area contributed by atoms with Crippen molar-refractivity contribution in [1.82, 2.24) is 0 Å². The monoisotopic (exact) mass is 527 g/mol. The minimum absolute atomic E-state index is 0.0182. The standard InChI is InChI=1S/C27H29NO10/c1-10-22(30)21(28)16(9-37-10)38-15-8-27(35,11(2)29)7-13-18(15)26(34)20-19(24(13)32)23(31)12-5-4-6-14(36-3)17(12)25(20)33/h4-6,10,15-16,21-22,30,32,34-35H,7-9,28H2,1-3H3/t10-,15-,16-,21-,22-,27-/m0/s1. The molecule has 1 saturated heterocycles. The van der Waals surface area contributed by atoms with E-state index in [4.69, 9.17) is 19.9 Å². The summed E-state index contributed by atoms with van der Waals surface area (Å²) in [6, 6.07) is 3.53. The molecular formula is C27H29NO10. The molecule has 0 saturated carbocycles. The Morgan fingerprint density at radius 3 is 2.47 bits per heavy atom. The number of ether oxygens (including phenoxy) is 3. The van der Waals surface area contributed by atoms with Crippen LogP contribution in [-0.2, 0) is 20.7 Å². The lowest BCUT2D eigenvalue weighted by Crippen LogP contribution is -2.58. The first-order chi connectivity index (χ1) is 17.9. The number of hydrogen-bond acceptors (Lipinski definition) is 11. The van der Waals surface area contributed by atoms with Gasteiger partial charge in [-0.25, -0.2) is 0 Å². The Kier molecular flexibility index (Phi) is 6.32. The van der Waals surface area contributed by atoms with E-state index in [1.165, 1.54) is 32.2 Å². The number of methoxy groups -OCH3 is 1. The lowest BCUT2D eigenvalue weighted by molar-refractivity contribution is -0.175. The molecule has 1 fully saturated rings. The number of rotatable bonds is 4. The summed E-state index contributed by atoms with van der Waals surface area (Å²) >= 11 is 0. The molecular weight excluding hydrogens is 498 g/mol. The molecule has 0 amide bonds. The number of aliphatic hydroxyl groups excluding tert-OH is 1. The summed E-state index contributed by atoms with van der Waals surface area (Å²) in [6.45, 7) is 2.80. The maximum Gasteiger partial charge on any atom is 0.202 e. The molecule has 11 heteroatoms. The highest BCUT2D eigenvalue weighted by atomic mass is 16.6. The minimum atomic E-state index is -2.01. The van der Waals surface area contributed by atoms with E-state index in [1.54, 1.807) is 6.92 Å². The number of Topliss-reactive ketones (excluding diaryl/α,β-unsaturated/α-hetero) is 1. The number of aliphatic hydroxyl groups is 2. The summed E-state index contributed by atoms with van der Waals surface area (Å²) in [7, 11) is 1.34. The lowest BCUT2D eigenvalue weighted by Gasteiger charge is -2.42. The highest BCUT2D eigenvalue weighted by molar-refractivity contribution is 6.31. The van der Waals surface area contributed by atoms with Crippen molar-refractivity contribution in [2.45, 2.75) is 62.7 Å². The fourth-order valence-corrected chi connectivity index (χ4v) is 5.63. The van der Waals surface area contributed by atoms with E-state index in [2.05, 4.69) is 0 Å². The van der Waals surface area contributed by atoms with Gasteiger partial charge in [0, 0.05) is 29.5 Å². The number of phenols is 2. The van der Waals surface area contributed by atoms with Gasteiger partial charge in [0.15, 0.2) is 11.6 Å². The zero-order valence-corrected chi connectivity index (χ0v) is 21.1. The van der Waals surface area contributed by atoms with Gasteiger partial charge in [-0.15, -0.1) is 0 Å². The first kappa shape index (κ1) is 26.3. The van der Waals surface area contributed by atoms with Crippen LogP contribution in [0, 0.1) is 0 Å². The minimum Gasteiger partial charge on any atom is -0.507 e. The summed E-state index contributed by atoms with van der Waals surface area (Å²) in [4.78, 5) is 39.6. The SMILES string of the molecule is COc1cccc2c1C(=O)c1c(O)c3c(c(O)c1C2=O)C[C@@](O)(C(C)=O)C[C@@H]3O[C@H]1CO[C@@H](C)[C@H](O)[C@H]1N. The number of carbonyl (C=O) groups excluding carboxylic acids is 3. The molecule has 0 unspecified atom stereocenters. The molecule has 2 aromatic rings. The third-order valence-corrected chi connectivity index (χ3v) is 7.90. The van der Waals surface area contributed by atoms with Crippen molar-refractivity contribution in [3.05, 3.63) is 51.6 Å². The Bertz CT molecular complexity index is 1370. The van der Waals surface area contributed by atoms with E-state index in [9.17, 15) is 34.8 Å². The van der Waals surface area contributed by atoms with E-state index < -0.39 is 82.5 Å². The molecule has 5 rings (SSSR count). The topological polar surface area (TPSA) is 186 Å². The van der Waals surface area contributed by atoms with Crippen molar-refractivity contribution in [1.29, 1.82) is 0 Å². The number of aromatic hydroxyl groups is 2. The normalized spacial score (nSPS) is 30.3. The van der Waals surface area contributed by atoms with Gasteiger partial charge >= 0.3 is 0 Å². The Hall–Kier alpha value is -3.35. The van der Waals surface area contributed by atoms with Crippen molar-refractivity contribution in [2.24, 2.45) is 5.73 Å². The summed E-state index contributed by atoms with van der Waals surface area (Å²) in [5, 5.41) is 44.4. The fourth-order valence-electron chi connectivity index (χ4n) is 5.63. The fraction of sp³-hybridized carbons (Fsp3) is 0.444. The highest BCUT2D eigenvalue weighted by Crippen LogP contribution is 2.52. The Labute approximate surface area is 217 Å². The van der Waals surface area contributed by atoms with Gasteiger partial charge in [-0.1, -0.05) is 12.1 Å². The van der Waals surface area contributed by atoms with Crippen LogP contribution in [0.1, 0.15) is 69.3 Å². The van der Waals surface area contributed by atoms with Crippen LogP contribution in [0.2, 0.25) is 0 Å². The Balaban J connectivity index is 1.70. The molecule has 11 nitrogen and oxygen atoms in total. The van der Waals surface area contributed by atoms with E-state index >= 15 is 0 Å². The maximum atomic E-state index is 13.6. The second-order valence-electron chi connectivity index (χ2n) is 10.1. The van der Waals surface area contributed by atoms with Crippen LogP contribution in [0.4, 0.5) is 0 Å². The predicted octanol–water partition coefficient (Wildman–Crippen LogP) is 0.681. The van der Waals surface area contributed by atoms with Crippen LogP contribution in [-0.4, -0.2) is 81.4 Å². The van der Waals surface area contributed by atoms with Crippen LogP contribution in [0.25, 0.3) is 0 Å². The third kappa shape index (κ3) is 3.73. The largest absolute Gasteiger partial charge is 0.507 e. The zero-order chi connectivity index (χ0) is 27.7. The molecule has 3 aliphatic rings. The van der Waals surface area contributed by atoms with Gasteiger partial charge in [-0.2, -0.15) is 0 Å². The first-order valence-corrected chi connectivity index (χ1v) is 12.2. The molecule has 202 valence electrons. The van der Waals surface area contributed by atoms with Gasteiger partial charge in [-0.05, 0) is 19.9 Å². The molecule has 0 spiro atoms. The van der Waals surface area contributed by atoms with Crippen LogP contribution in [0.3, 0.4) is 0 Å². The molecule has 1 aliphatic heterocycles. The number of ketones is 3. The molecule has 6 N–H and O–H groups in total. The molecule has 2 aromatic carbocycles. The van der Waals surface area contributed by atoms with Crippen LogP contribution in [0.15, 0.2) is 18.2 Å². The van der Waals surface area contributed by atoms with Crippen molar-refractivity contribution >= 4 is 17.3 Å². The van der Waals surface area contributed by atoms with Gasteiger partial charge in [0.1, 0.15) is 22.8 Å². The quantitative estimate of drug-likeness (QED) is 0.300. The van der Waals surface area contributed by atoms with E-state index in [0.717, 1.165) is 0 Å². The van der Waals surface area contributed by atoms with Crippen molar-refractivity contribution in [3.8, 4) is 17.2 Å². The second-order valence-corrected chi connectivity index (χ2v) is 10.1. The molecule has 1 heterocycles. The van der Waals surface area contributed by atoms with Gasteiger partial charge < -0.3 is 40.4 Å². The predicted molar refractivity (Wildman–Crippen MR) is 131 cm³/mol. The molecule has 0 radical (unpaired) electrons. The van der Waals surface area contributed by atoms with Gasteiger partial charge in [-0.3, -0.25) is 14.4 Å². The summed E-state index contributed by atoms with van der Waals surface area (Å²) in [6.07, 6.45) is -4.55. The van der Waals surface area contributed by atoms with Crippen LogP contribution >= 0.6 is 0 Å². The maximum absolute atomic E-state index is 13.6. The third-order valence-electron chi connectivity index (χ3n) is 7.90.